The van der Waals surface area contributed by atoms with Crippen LogP contribution in [0.25, 0.3) is 0 Å². The summed E-state index contributed by atoms with van der Waals surface area (Å²) in [5.41, 5.74) is 2.47. The Balaban J connectivity index is 2.00. The summed E-state index contributed by atoms with van der Waals surface area (Å²) in [6.45, 7) is 0. The number of esters is 1. The molecule has 0 spiro atoms. The predicted octanol–water partition coefficient (Wildman–Crippen LogP) is 2.04. The van der Waals surface area contributed by atoms with Crippen molar-refractivity contribution in [3.05, 3.63) is 41.5 Å². The van der Waals surface area contributed by atoms with Gasteiger partial charge < -0.3 is 10.1 Å². The number of rotatable bonds is 3. The Morgan fingerprint density at radius 1 is 1.61 bits per heavy atom. The molecule has 4 nitrogen and oxygen atoms in total. The highest BCUT2D eigenvalue weighted by atomic mass is 16.5. The minimum absolute atomic E-state index is 0.0651. The lowest BCUT2D eigenvalue weighted by Gasteiger charge is -2.07. The van der Waals surface area contributed by atoms with E-state index in [2.05, 4.69) is 16.1 Å². The number of hydrogen-bond acceptors (Lipinski definition) is 4. The van der Waals surface area contributed by atoms with Gasteiger partial charge in [-0.15, -0.1) is 0 Å². The molecular formula is C14H14N2O2. The second kappa shape index (κ2) is 5.37. The average molecular weight is 242 g/mol. The van der Waals surface area contributed by atoms with Crippen LogP contribution in [-0.4, -0.2) is 19.1 Å². The van der Waals surface area contributed by atoms with E-state index in [4.69, 9.17) is 5.26 Å². The zero-order valence-electron chi connectivity index (χ0n) is 10.1. The van der Waals surface area contributed by atoms with E-state index in [0.29, 0.717) is 6.42 Å². The van der Waals surface area contributed by atoms with Crippen molar-refractivity contribution >= 4 is 11.7 Å². The molecule has 4 heteroatoms. The number of benzene rings is 1. The van der Waals surface area contributed by atoms with Gasteiger partial charge in [-0.2, -0.15) is 5.26 Å². The first kappa shape index (κ1) is 12.2. The zero-order chi connectivity index (χ0) is 13.0. The van der Waals surface area contributed by atoms with Gasteiger partial charge in [-0.25, -0.2) is 4.79 Å². The lowest BCUT2D eigenvalue weighted by molar-refractivity contribution is -0.135. The van der Waals surface area contributed by atoms with Crippen molar-refractivity contribution in [3.8, 4) is 6.07 Å². The van der Waals surface area contributed by atoms with Crippen molar-refractivity contribution in [2.24, 2.45) is 0 Å². The summed E-state index contributed by atoms with van der Waals surface area (Å²) < 4.78 is 4.53. The van der Waals surface area contributed by atoms with E-state index in [1.54, 1.807) is 6.08 Å². The quantitative estimate of drug-likeness (QED) is 0.500. The molecule has 0 radical (unpaired) electrons. The molecule has 18 heavy (non-hydrogen) atoms. The summed E-state index contributed by atoms with van der Waals surface area (Å²) in [6, 6.07) is 10.2. The van der Waals surface area contributed by atoms with Gasteiger partial charge in [0.2, 0.25) is 0 Å². The third kappa shape index (κ3) is 2.51. The van der Waals surface area contributed by atoms with Gasteiger partial charge in [0.05, 0.1) is 7.11 Å². The topological polar surface area (TPSA) is 62.1 Å². The van der Waals surface area contributed by atoms with E-state index in [1.807, 2.05) is 24.3 Å². The van der Waals surface area contributed by atoms with Gasteiger partial charge in [0.15, 0.2) is 0 Å². The van der Waals surface area contributed by atoms with Crippen LogP contribution in [0.15, 0.2) is 35.9 Å². The molecular weight excluding hydrogens is 228 g/mol. The lowest BCUT2D eigenvalue weighted by Crippen LogP contribution is -2.14. The van der Waals surface area contributed by atoms with Gasteiger partial charge in [-0.1, -0.05) is 24.3 Å². The summed E-state index contributed by atoms with van der Waals surface area (Å²) in [6.07, 6.45) is 3.18. The summed E-state index contributed by atoms with van der Waals surface area (Å²) in [5, 5.41) is 12.2. The van der Waals surface area contributed by atoms with Crippen LogP contribution in [-0.2, 0) is 16.0 Å². The highest BCUT2D eigenvalue weighted by Crippen LogP contribution is 2.26. The Labute approximate surface area is 106 Å². The number of anilines is 1. The molecule has 1 N–H and O–H groups in total. The number of ether oxygens (including phenoxy) is 1. The zero-order valence-corrected chi connectivity index (χ0v) is 10.1. The van der Waals surface area contributed by atoms with Crippen LogP contribution in [0.4, 0.5) is 5.69 Å². The number of nitrogens with zero attached hydrogens (tertiary/aromatic N) is 1. The minimum atomic E-state index is -0.576. The van der Waals surface area contributed by atoms with Crippen LogP contribution in [0.1, 0.15) is 12.0 Å². The molecule has 0 bridgehead atoms. The van der Waals surface area contributed by atoms with Crippen LogP contribution in [0.2, 0.25) is 0 Å². The van der Waals surface area contributed by atoms with Gasteiger partial charge in [-0.05, 0) is 24.5 Å². The van der Waals surface area contributed by atoms with Crippen molar-refractivity contribution < 1.29 is 9.53 Å². The number of para-hydroxylation sites is 1. The Kier molecular flexibility index (Phi) is 3.63. The Morgan fingerprint density at radius 2 is 2.39 bits per heavy atom. The molecule has 0 amide bonds. The van der Waals surface area contributed by atoms with Crippen molar-refractivity contribution in [1.82, 2.24) is 0 Å². The molecule has 1 atom stereocenters. The maximum atomic E-state index is 11.2. The largest absolute Gasteiger partial charge is 0.465 e. The molecule has 2 rings (SSSR count). The Bertz CT molecular complexity index is 504. The SMILES string of the molecule is COC(=O)C(C#N)=CCC1Cc2ccccc2N1. The number of carbonyl (C=O) groups excluding carboxylic acids is 1. The lowest BCUT2D eigenvalue weighted by atomic mass is 10.1. The van der Waals surface area contributed by atoms with Gasteiger partial charge in [0.1, 0.15) is 11.6 Å². The number of nitriles is 1. The summed E-state index contributed by atoms with van der Waals surface area (Å²) >= 11 is 0. The molecule has 1 aliphatic rings. The molecule has 0 aromatic heterocycles. The molecule has 1 heterocycles. The maximum absolute atomic E-state index is 11.2. The summed E-state index contributed by atoms with van der Waals surface area (Å²) in [4.78, 5) is 11.2. The standard InChI is InChI=1S/C14H14N2O2/c1-18-14(17)11(9-15)6-7-12-8-10-4-2-3-5-13(10)16-12/h2-6,12,16H,7-8H2,1H3. The van der Waals surface area contributed by atoms with E-state index in [0.717, 1.165) is 12.1 Å². The monoisotopic (exact) mass is 242 g/mol. The molecule has 1 aromatic rings. The first-order valence-corrected chi connectivity index (χ1v) is 5.77. The fraction of sp³-hybridized carbons (Fsp3) is 0.286. The van der Waals surface area contributed by atoms with Gasteiger partial charge >= 0.3 is 5.97 Å². The number of methoxy groups -OCH3 is 1. The Morgan fingerprint density at radius 3 is 3.06 bits per heavy atom. The van der Waals surface area contributed by atoms with Crippen LogP contribution in [0.3, 0.4) is 0 Å². The van der Waals surface area contributed by atoms with E-state index in [9.17, 15) is 4.79 Å². The molecule has 0 aliphatic carbocycles. The van der Waals surface area contributed by atoms with Crippen molar-refractivity contribution in [3.63, 3.8) is 0 Å². The van der Waals surface area contributed by atoms with E-state index in [-0.39, 0.29) is 11.6 Å². The van der Waals surface area contributed by atoms with E-state index >= 15 is 0 Å². The molecule has 0 saturated heterocycles. The third-order valence-corrected chi connectivity index (χ3v) is 2.98. The van der Waals surface area contributed by atoms with Gasteiger partial charge in [-0.3, -0.25) is 0 Å². The maximum Gasteiger partial charge on any atom is 0.348 e. The van der Waals surface area contributed by atoms with Crippen LogP contribution in [0.5, 0.6) is 0 Å². The van der Waals surface area contributed by atoms with Gasteiger partial charge in [0.25, 0.3) is 0 Å². The van der Waals surface area contributed by atoms with Crippen LogP contribution >= 0.6 is 0 Å². The highest BCUT2D eigenvalue weighted by molar-refractivity contribution is 5.92. The van der Waals surface area contributed by atoms with Crippen LogP contribution in [0, 0.1) is 11.3 Å². The van der Waals surface area contributed by atoms with E-state index < -0.39 is 5.97 Å². The van der Waals surface area contributed by atoms with Gasteiger partial charge in [0, 0.05) is 11.7 Å². The first-order chi connectivity index (χ1) is 8.74. The fourth-order valence-corrected chi connectivity index (χ4v) is 2.06. The minimum Gasteiger partial charge on any atom is -0.465 e. The molecule has 0 saturated carbocycles. The summed E-state index contributed by atoms with van der Waals surface area (Å²) in [7, 11) is 1.27. The number of fused-ring (bicyclic) bond motifs is 1. The number of hydrogen-bond donors (Lipinski definition) is 1. The predicted molar refractivity (Wildman–Crippen MR) is 67.9 cm³/mol. The van der Waals surface area contributed by atoms with Crippen molar-refractivity contribution in [2.45, 2.75) is 18.9 Å². The molecule has 1 aliphatic heterocycles. The molecule has 1 aromatic carbocycles. The molecule has 1 unspecified atom stereocenters. The normalized spacial score (nSPS) is 17.6. The Hall–Kier alpha value is -2.28. The number of nitrogens with one attached hydrogen (secondary N) is 1. The second-order valence-corrected chi connectivity index (χ2v) is 4.16. The first-order valence-electron chi connectivity index (χ1n) is 5.77. The summed E-state index contributed by atoms with van der Waals surface area (Å²) in [5.74, 6) is -0.576. The fourth-order valence-electron chi connectivity index (χ4n) is 2.06. The van der Waals surface area contributed by atoms with Crippen molar-refractivity contribution in [1.29, 1.82) is 5.26 Å². The molecule has 0 fully saturated rings. The second-order valence-electron chi connectivity index (χ2n) is 4.16. The van der Waals surface area contributed by atoms with E-state index in [1.165, 1.54) is 12.7 Å². The number of carbonyl (C=O) groups is 1. The van der Waals surface area contributed by atoms with Crippen LogP contribution < -0.4 is 5.32 Å². The average Bonchev–Trinajstić information content (AvgIpc) is 2.81. The third-order valence-electron chi connectivity index (χ3n) is 2.98. The van der Waals surface area contributed by atoms with Crippen molar-refractivity contribution in [2.75, 3.05) is 12.4 Å². The smallest absolute Gasteiger partial charge is 0.348 e. The highest BCUT2D eigenvalue weighted by Gasteiger charge is 2.19. The molecule has 92 valence electrons.